The molecule has 1 aliphatic carbocycles. The molecule has 0 amide bonds. The highest BCUT2D eigenvalue weighted by Crippen LogP contribution is 2.33. The van der Waals surface area contributed by atoms with Gasteiger partial charge in [0.1, 0.15) is 11.3 Å². The van der Waals surface area contributed by atoms with E-state index in [4.69, 9.17) is 16.0 Å². The zero-order valence-electron chi connectivity index (χ0n) is 10.1. The SMILES string of the molecule is Cc1ccc(Cl)c2c(C)c(CNC3CC3)oc12. The van der Waals surface area contributed by atoms with Crippen LogP contribution in [0.25, 0.3) is 11.0 Å². The van der Waals surface area contributed by atoms with Crippen LogP contribution in [0.3, 0.4) is 0 Å². The van der Waals surface area contributed by atoms with E-state index < -0.39 is 0 Å². The topological polar surface area (TPSA) is 25.2 Å². The summed E-state index contributed by atoms with van der Waals surface area (Å²) in [5.41, 5.74) is 3.25. The molecule has 0 aliphatic heterocycles. The lowest BCUT2D eigenvalue weighted by atomic mass is 10.1. The summed E-state index contributed by atoms with van der Waals surface area (Å²) in [6.07, 6.45) is 2.58. The van der Waals surface area contributed by atoms with Gasteiger partial charge in [0, 0.05) is 17.0 Å². The molecule has 1 fully saturated rings. The fraction of sp³-hybridized carbons (Fsp3) is 0.429. The van der Waals surface area contributed by atoms with Crippen molar-refractivity contribution >= 4 is 22.6 Å². The van der Waals surface area contributed by atoms with E-state index in [0.29, 0.717) is 6.04 Å². The Hall–Kier alpha value is -0.990. The Balaban J connectivity index is 2.03. The summed E-state index contributed by atoms with van der Waals surface area (Å²) in [6, 6.07) is 4.64. The van der Waals surface area contributed by atoms with Gasteiger partial charge in [-0.25, -0.2) is 0 Å². The largest absolute Gasteiger partial charge is 0.459 e. The molecular weight excluding hydrogens is 234 g/mol. The number of benzene rings is 1. The molecule has 1 aromatic heterocycles. The van der Waals surface area contributed by atoms with Crippen molar-refractivity contribution in [2.75, 3.05) is 0 Å². The number of fused-ring (bicyclic) bond motifs is 1. The second-order valence-electron chi connectivity index (χ2n) is 4.87. The normalized spacial score (nSPS) is 15.7. The molecule has 17 heavy (non-hydrogen) atoms. The summed E-state index contributed by atoms with van der Waals surface area (Å²) >= 11 is 6.24. The summed E-state index contributed by atoms with van der Waals surface area (Å²) in [7, 11) is 0. The molecule has 1 aliphatic rings. The van der Waals surface area contributed by atoms with Gasteiger partial charge in [-0.05, 0) is 38.3 Å². The first kappa shape index (κ1) is 11.1. The van der Waals surface area contributed by atoms with Gasteiger partial charge in [-0.1, -0.05) is 17.7 Å². The maximum Gasteiger partial charge on any atom is 0.139 e. The Kier molecular flexibility index (Phi) is 2.64. The van der Waals surface area contributed by atoms with Crippen molar-refractivity contribution in [1.82, 2.24) is 5.32 Å². The van der Waals surface area contributed by atoms with Crippen LogP contribution in [0.2, 0.25) is 5.02 Å². The number of nitrogens with one attached hydrogen (secondary N) is 1. The van der Waals surface area contributed by atoms with E-state index in [-0.39, 0.29) is 0 Å². The van der Waals surface area contributed by atoms with Crippen molar-refractivity contribution in [3.63, 3.8) is 0 Å². The minimum absolute atomic E-state index is 0.694. The molecule has 1 saturated carbocycles. The lowest BCUT2D eigenvalue weighted by Crippen LogP contribution is -2.15. The number of hydrogen-bond acceptors (Lipinski definition) is 2. The molecule has 1 aromatic carbocycles. The fourth-order valence-electron chi connectivity index (χ4n) is 2.18. The van der Waals surface area contributed by atoms with Crippen molar-refractivity contribution in [2.24, 2.45) is 0 Å². The first-order valence-corrected chi connectivity index (χ1v) is 6.45. The van der Waals surface area contributed by atoms with Crippen molar-refractivity contribution in [1.29, 1.82) is 0 Å². The molecule has 2 aromatic rings. The first-order valence-electron chi connectivity index (χ1n) is 6.07. The molecule has 0 unspecified atom stereocenters. The van der Waals surface area contributed by atoms with Crippen LogP contribution in [-0.2, 0) is 6.54 Å². The minimum atomic E-state index is 0.694. The number of halogens is 1. The second kappa shape index (κ2) is 4.04. The lowest BCUT2D eigenvalue weighted by Gasteiger charge is -1.99. The van der Waals surface area contributed by atoms with Gasteiger partial charge in [0.05, 0.1) is 11.6 Å². The average Bonchev–Trinajstić information content (AvgIpc) is 3.06. The molecule has 3 rings (SSSR count). The lowest BCUT2D eigenvalue weighted by molar-refractivity contribution is 0.508. The van der Waals surface area contributed by atoms with Crippen LogP contribution in [0, 0.1) is 13.8 Å². The Morgan fingerprint density at radius 2 is 2.12 bits per heavy atom. The van der Waals surface area contributed by atoms with Crippen molar-refractivity contribution in [3.8, 4) is 0 Å². The smallest absolute Gasteiger partial charge is 0.139 e. The molecule has 90 valence electrons. The van der Waals surface area contributed by atoms with Crippen molar-refractivity contribution in [2.45, 2.75) is 39.3 Å². The maximum absolute atomic E-state index is 6.24. The van der Waals surface area contributed by atoms with E-state index in [0.717, 1.165) is 33.9 Å². The van der Waals surface area contributed by atoms with E-state index in [1.807, 2.05) is 12.1 Å². The molecule has 3 heteroatoms. The van der Waals surface area contributed by atoms with E-state index in [9.17, 15) is 0 Å². The standard InChI is InChI=1S/C14H16ClNO/c1-8-3-6-11(15)13-9(2)12(17-14(8)13)7-16-10-4-5-10/h3,6,10,16H,4-5,7H2,1-2H3. The molecule has 0 bridgehead atoms. The van der Waals surface area contributed by atoms with Crippen LogP contribution >= 0.6 is 11.6 Å². The Morgan fingerprint density at radius 3 is 2.76 bits per heavy atom. The molecular formula is C14H16ClNO. The zero-order chi connectivity index (χ0) is 12.0. The first-order chi connectivity index (χ1) is 8.16. The van der Waals surface area contributed by atoms with Gasteiger partial charge in [0.2, 0.25) is 0 Å². The zero-order valence-corrected chi connectivity index (χ0v) is 10.9. The molecule has 0 spiro atoms. The number of hydrogen-bond donors (Lipinski definition) is 1. The Labute approximate surface area is 106 Å². The number of aryl methyl sites for hydroxylation is 2. The summed E-state index contributed by atoms with van der Waals surface area (Å²) in [4.78, 5) is 0. The van der Waals surface area contributed by atoms with Gasteiger partial charge in [0.15, 0.2) is 0 Å². The van der Waals surface area contributed by atoms with Crippen LogP contribution in [0.1, 0.15) is 29.7 Å². The maximum atomic E-state index is 6.24. The monoisotopic (exact) mass is 249 g/mol. The van der Waals surface area contributed by atoms with Gasteiger partial charge in [0.25, 0.3) is 0 Å². The summed E-state index contributed by atoms with van der Waals surface area (Å²) in [5.74, 6) is 1.02. The van der Waals surface area contributed by atoms with Gasteiger partial charge in [-0.3, -0.25) is 0 Å². The third kappa shape index (κ3) is 1.96. The van der Waals surface area contributed by atoms with E-state index in [1.54, 1.807) is 0 Å². The highest BCUT2D eigenvalue weighted by molar-refractivity contribution is 6.35. The quantitative estimate of drug-likeness (QED) is 0.891. The predicted octanol–water partition coefficient (Wildman–Crippen LogP) is 3.96. The van der Waals surface area contributed by atoms with Crippen LogP contribution < -0.4 is 5.32 Å². The fourth-order valence-corrected chi connectivity index (χ4v) is 2.47. The summed E-state index contributed by atoms with van der Waals surface area (Å²) in [6.45, 7) is 4.95. The van der Waals surface area contributed by atoms with Gasteiger partial charge < -0.3 is 9.73 Å². The third-order valence-corrected chi connectivity index (χ3v) is 3.77. The highest BCUT2D eigenvalue weighted by atomic mass is 35.5. The van der Waals surface area contributed by atoms with Gasteiger partial charge in [-0.2, -0.15) is 0 Å². The van der Waals surface area contributed by atoms with Crippen LogP contribution in [0.5, 0.6) is 0 Å². The molecule has 0 atom stereocenters. The third-order valence-electron chi connectivity index (χ3n) is 3.45. The van der Waals surface area contributed by atoms with E-state index >= 15 is 0 Å². The van der Waals surface area contributed by atoms with Gasteiger partial charge >= 0.3 is 0 Å². The summed E-state index contributed by atoms with van der Waals surface area (Å²) in [5, 5.41) is 5.33. The van der Waals surface area contributed by atoms with E-state index in [1.165, 1.54) is 18.4 Å². The highest BCUT2D eigenvalue weighted by Gasteiger charge is 2.22. The molecule has 1 heterocycles. The molecule has 1 N–H and O–H groups in total. The van der Waals surface area contributed by atoms with Crippen LogP contribution in [-0.4, -0.2) is 6.04 Å². The molecule has 0 saturated heterocycles. The average molecular weight is 250 g/mol. The minimum Gasteiger partial charge on any atom is -0.459 e. The van der Waals surface area contributed by atoms with Crippen molar-refractivity contribution in [3.05, 3.63) is 34.0 Å². The van der Waals surface area contributed by atoms with E-state index in [2.05, 4.69) is 19.2 Å². The van der Waals surface area contributed by atoms with Crippen molar-refractivity contribution < 1.29 is 4.42 Å². The second-order valence-corrected chi connectivity index (χ2v) is 5.28. The van der Waals surface area contributed by atoms with Crippen LogP contribution in [0.4, 0.5) is 0 Å². The summed E-state index contributed by atoms with van der Waals surface area (Å²) < 4.78 is 5.94. The molecule has 0 radical (unpaired) electrons. The Bertz CT molecular complexity index is 569. The molecule has 2 nitrogen and oxygen atoms in total. The van der Waals surface area contributed by atoms with Crippen LogP contribution in [0.15, 0.2) is 16.5 Å². The Morgan fingerprint density at radius 1 is 1.35 bits per heavy atom. The van der Waals surface area contributed by atoms with Gasteiger partial charge in [-0.15, -0.1) is 0 Å². The number of rotatable bonds is 3. The predicted molar refractivity (Wildman–Crippen MR) is 70.6 cm³/mol. The number of furan rings is 1.